The van der Waals surface area contributed by atoms with Crippen LogP contribution in [0.1, 0.15) is 24.1 Å². The summed E-state index contributed by atoms with van der Waals surface area (Å²) in [7, 11) is 0. The lowest BCUT2D eigenvalue weighted by molar-refractivity contribution is 0.884. The molecule has 0 spiro atoms. The average Bonchev–Trinajstić information content (AvgIpc) is 2.34. The van der Waals surface area contributed by atoms with Crippen molar-refractivity contribution in [2.75, 3.05) is 5.32 Å². The van der Waals surface area contributed by atoms with Crippen molar-refractivity contribution in [3.63, 3.8) is 0 Å². The molecule has 1 N–H and O–H groups in total. The molecule has 0 fully saturated rings. The highest BCUT2D eigenvalue weighted by Gasteiger charge is 2.11. The van der Waals surface area contributed by atoms with Gasteiger partial charge in [0.15, 0.2) is 0 Å². The Morgan fingerprint density at radius 1 is 1.05 bits per heavy atom. The van der Waals surface area contributed by atoms with Gasteiger partial charge in [0, 0.05) is 10.5 Å². The first-order valence-electron chi connectivity index (χ1n) is 5.95. The second-order valence-electron chi connectivity index (χ2n) is 4.52. The Morgan fingerprint density at radius 2 is 1.58 bits per heavy atom. The van der Waals surface area contributed by atoms with Crippen LogP contribution in [0.5, 0.6) is 0 Å². The summed E-state index contributed by atoms with van der Waals surface area (Å²) in [5.74, 6) is 0. The lowest BCUT2D eigenvalue weighted by Gasteiger charge is -2.18. The van der Waals surface area contributed by atoms with E-state index in [1.807, 2.05) is 12.1 Å². The van der Waals surface area contributed by atoms with Gasteiger partial charge in [-0.25, -0.2) is 0 Å². The third-order valence-electron chi connectivity index (χ3n) is 2.95. The monoisotopic (exact) mass is 357 g/mol. The molecule has 0 bridgehead atoms. The highest BCUT2D eigenvalue weighted by molar-refractivity contribution is 9.10. The Bertz CT molecular complexity index is 558. The normalized spacial score (nSPS) is 12.3. The van der Waals surface area contributed by atoms with E-state index in [-0.39, 0.29) is 6.04 Å². The lowest BCUT2D eigenvalue weighted by Crippen LogP contribution is -2.07. The van der Waals surface area contributed by atoms with E-state index in [0.717, 1.165) is 10.2 Å². The quantitative estimate of drug-likeness (QED) is 0.684. The molecule has 100 valence electrons. The Labute approximate surface area is 132 Å². The fourth-order valence-corrected chi connectivity index (χ4v) is 3.15. The second-order valence-corrected chi connectivity index (χ2v) is 6.25. The molecule has 1 atom stereocenters. The summed E-state index contributed by atoms with van der Waals surface area (Å²) in [5, 5.41) is 4.58. The maximum atomic E-state index is 6.21. The number of rotatable bonds is 3. The van der Waals surface area contributed by atoms with Crippen molar-refractivity contribution < 1.29 is 0 Å². The van der Waals surface area contributed by atoms with Crippen LogP contribution in [0.25, 0.3) is 0 Å². The molecule has 1 nitrogen and oxygen atoms in total. The zero-order valence-corrected chi connectivity index (χ0v) is 13.8. The summed E-state index contributed by atoms with van der Waals surface area (Å²) in [5.41, 5.74) is 3.20. The van der Waals surface area contributed by atoms with Gasteiger partial charge in [0.1, 0.15) is 0 Å². The van der Waals surface area contributed by atoms with Crippen molar-refractivity contribution in [1.82, 2.24) is 0 Å². The molecular formula is C15H14BrCl2N. The van der Waals surface area contributed by atoms with E-state index < -0.39 is 0 Å². The molecule has 0 saturated carbocycles. The van der Waals surface area contributed by atoms with Gasteiger partial charge in [-0.15, -0.1) is 0 Å². The van der Waals surface area contributed by atoms with Crippen molar-refractivity contribution in [3.05, 3.63) is 62.0 Å². The van der Waals surface area contributed by atoms with Crippen LogP contribution in [0.2, 0.25) is 10.0 Å². The number of aryl methyl sites for hydroxylation is 1. The Kier molecular flexibility index (Phi) is 4.77. The molecular weight excluding hydrogens is 345 g/mol. The van der Waals surface area contributed by atoms with Crippen LogP contribution in [0, 0.1) is 6.92 Å². The van der Waals surface area contributed by atoms with Gasteiger partial charge in [-0.1, -0.05) is 69.0 Å². The zero-order valence-electron chi connectivity index (χ0n) is 10.7. The minimum absolute atomic E-state index is 0.136. The fraction of sp³-hybridized carbons (Fsp3) is 0.200. The molecule has 2 aromatic carbocycles. The van der Waals surface area contributed by atoms with Gasteiger partial charge in [-0.3, -0.25) is 0 Å². The zero-order chi connectivity index (χ0) is 14.0. The predicted octanol–water partition coefficient (Wildman–Crippen LogP) is 6.24. The van der Waals surface area contributed by atoms with Crippen LogP contribution in [0.4, 0.5) is 5.69 Å². The van der Waals surface area contributed by atoms with Crippen molar-refractivity contribution >= 4 is 44.8 Å². The van der Waals surface area contributed by atoms with Crippen LogP contribution in [-0.4, -0.2) is 0 Å². The van der Waals surface area contributed by atoms with Crippen molar-refractivity contribution in [2.45, 2.75) is 19.9 Å². The number of hydrogen-bond donors (Lipinski definition) is 1. The first kappa shape index (κ1) is 14.7. The maximum Gasteiger partial charge on any atom is 0.0724 e. The summed E-state index contributed by atoms with van der Waals surface area (Å²) >= 11 is 15.8. The summed E-state index contributed by atoms with van der Waals surface area (Å²) in [4.78, 5) is 0. The first-order chi connectivity index (χ1) is 8.97. The lowest BCUT2D eigenvalue weighted by atomic mass is 10.1. The molecule has 4 heteroatoms. The van der Waals surface area contributed by atoms with Gasteiger partial charge < -0.3 is 5.32 Å². The molecule has 0 aromatic heterocycles. The Morgan fingerprint density at radius 3 is 2.11 bits per heavy atom. The molecule has 0 amide bonds. The molecule has 2 rings (SSSR count). The van der Waals surface area contributed by atoms with Crippen molar-refractivity contribution in [1.29, 1.82) is 0 Å². The highest BCUT2D eigenvalue weighted by atomic mass is 79.9. The number of hydrogen-bond acceptors (Lipinski definition) is 1. The SMILES string of the molecule is Cc1ccc(C(C)Nc2c(Cl)cc(Br)cc2Cl)cc1. The van der Waals surface area contributed by atoms with E-state index in [9.17, 15) is 0 Å². The van der Waals surface area contributed by atoms with Gasteiger partial charge in [0.05, 0.1) is 15.7 Å². The summed E-state index contributed by atoms with van der Waals surface area (Å²) in [6, 6.07) is 12.2. The van der Waals surface area contributed by atoms with E-state index in [1.165, 1.54) is 11.1 Å². The molecule has 0 radical (unpaired) electrons. The summed E-state index contributed by atoms with van der Waals surface area (Å²) < 4.78 is 0.871. The van der Waals surface area contributed by atoms with Crippen LogP contribution in [0.3, 0.4) is 0 Å². The fourth-order valence-electron chi connectivity index (χ4n) is 1.84. The van der Waals surface area contributed by atoms with E-state index in [2.05, 4.69) is 59.4 Å². The van der Waals surface area contributed by atoms with Gasteiger partial charge in [0.25, 0.3) is 0 Å². The van der Waals surface area contributed by atoms with Crippen molar-refractivity contribution in [3.8, 4) is 0 Å². The molecule has 0 aliphatic carbocycles. The molecule has 2 aromatic rings. The smallest absolute Gasteiger partial charge is 0.0724 e. The van der Waals surface area contributed by atoms with E-state index in [0.29, 0.717) is 10.0 Å². The first-order valence-corrected chi connectivity index (χ1v) is 7.50. The molecule has 0 heterocycles. The van der Waals surface area contributed by atoms with E-state index >= 15 is 0 Å². The molecule has 1 unspecified atom stereocenters. The Balaban J connectivity index is 2.24. The van der Waals surface area contributed by atoms with E-state index in [4.69, 9.17) is 23.2 Å². The summed E-state index contributed by atoms with van der Waals surface area (Å²) in [6.45, 7) is 4.16. The number of benzene rings is 2. The highest BCUT2D eigenvalue weighted by Crippen LogP contribution is 2.35. The molecule has 19 heavy (non-hydrogen) atoms. The van der Waals surface area contributed by atoms with Gasteiger partial charge in [-0.2, -0.15) is 0 Å². The van der Waals surface area contributed by atoms with Crippen LogP contribution >= 0.6 is 39.1 Å². The topological polar surface area (TPSA) is 12.0 Å². The number of anilines is 1. The molecule has 0 aliphatic rings. The standard InChI is InChI=1S/C15H14BrCl2N/c1-9-3-5-11(6-4-9)10(2)19-15-13(17)7-12(16)8-14(15)18/h3-8,10,19H,1-2H3. The largest absolute Gasteiger partial charge is 0.376 e. The Hall–Kier alpha value is -0.700. The van der Waals surface area contributed by atoms with Crippen LogP contribution in [0.15, 0.2) is 40.9 Å². The minimum Gasteiger partial charge on any atom is -0.376 e. The van der Waals surface area contributed by atoms with E-state index in [1.54, 1.807) is 0 Å². The number of halogens is 3. The molecule has 0 aliphatic heterocycles. The van der Waals surface area contributed by atoms with Gasteiger partial charge in [0.2, 0.25) is 0 Å². The van der Waals surface area contributed by atoms with Crippen LogP contribution < -0.4 is 5.32 Å². The van der Waals surface area contributed by atoms with Crippen molar-refractivity contribution in [2.24, 2.45) is 0 Å². The maximum absolute atomic E-state index is 6.21. The third kappa shape index (κ3) is 3.65. The molecule has 0 saturated heterocycles. The minimum atomic E-state index is 0.136. The third-order valence-corrected chi connectivity index (χ3v) is 4.00. The van der Waals surface area contributed by atoms with Crippen LogP contribution in [-0.2, 0) is 0 Å². The average molecular weight is 359 g/mol. The second kappa shape index (κ2) is 6.17. The predicted molar refractivity (Wildman–Crippen MR) is 87.4 cm³/mol. The summed E-state index contributed by atoms with van der Waals surface area (Å²) in [6.07, 6.45) is 0. The van der Waals surface area contributed by atoms with Gasteiger partial charge in [-0.05, 0) is 31.5 Å². The number of nitrogens with one attached hydrogen (secondary N) is 1. The van der Waals surface area contributed by atoms with Gasteiger partial charge >= 0.3 is 0 Å².